The third-order valence-electron chi connectivity index (χ3n) is 3.37. The number of pyridine rings is 1. The number of methoxy groups -OCH3 is 1. The van der Waals surface area contributed by atoms with E-state index >= 15 is 0 Å². The fourth-order valence-electron chi connectivity index (χ4n) is 2.13. The molecule has 2 aromatic rings. The molecule has 0 saturated heterocycles. The van der Waals surface area contributed by atoms with Gasteiger partial charge in [0.15, 0.2) is 5.96 Å². The Morgan fingerprint density at radius 3 is 2.58 bits per heavy atom. The molecule has 0 aliphatic heterocycles. The highest BCUT2D eigenvalue weighted by Crippen LogP contribution is 2.12. The van der Waals surface area contributed by atoms with Gasteiger partial charge in [0.2, 0.25) is 5.88 Å². The van der Waals surface area contributed by atoms with Gasteiger partial charge in [0.1, 0.15) is 0 Å². The van der Waals surface area contributed by atoms with E-state index in [1.807, 2.05) is 19.1 Å². The average Bonchev–Trinajstić information content (AvgIpc) is 2.59. The number of nitrogens with zero attached hydrogens (tertiary/aromatic N) is 2. The zero-order valence-electron chi connectivity index (χ0n) is 14.4. The van der Waals surface area contributed by atoms with Crippen molar-refractivity contribution in [2.75, 3.05) is 13.7 Å². The number of aryl methyl sites for hydroxylation is 1. The third kappa shape index (κ3) is 6.35. The van der Waals surface area contributed by atoms with Crippen LogP contribution in [0.5, 0.6) is 5.88 Å². The smallest absolute Gasteiger partial charge is 0.218 e. The normalized spacial score (nSPS) is 10.7. The van der Waals surface area contributed by atoms with Crippen molar-refractivity contribution in [3.05, 3.63) is 59.3 Å². The number of aliphatic imine (C=N–C) groups is 1. The fourth-order valence-corrected chi connectivity index (χ4v) is 2.13. The van der Waals surface area contributed by atoms with Gasteiger partial charge < -0.3 is 15.4 Å². The Kier molecular flexibility index (Phi) is 9.14. The first-order valence-electron chi connectivity index (χ1n) is 7.78. The van der Waals surface area contributed by atoms with Crippen LogP contribution in [0.4, 0.5) is 0 Å². The number of benzene rings is 1. The second-order valence-electron chi connectivity index (χ2n) is 5.21. The van der Waals surface area contributed by atoms with E-state index in [1.165, 1.54) is 11.1 Å². The largest absolute Gasteiger partial charge is 0.481 e. The summed E-state index contributed by atoms with van der Waals surface area (Å²) in [5.74, 6) is 1.41. The van der Waals surface area contributed by atoms with E-state index in [4.69, 9.17) is 4.74 Å². The van der Waals surface area contributed by atoms with E-state index in [-0.39, 0.29) is 24.0 Å². The van der Waals surface area contributed by atoms with Crippen LogP contribution in [0.2, 0.25) is 0 Å². The molecule has 0 saturated carbocycles. The lowest BCUT2D eigenvalue weighted by atomic mass is 10.1. The van der Waals surface area contributed by atoms with Gasteiger partial charge in [-0.05, 0) is 25.5 Å². The quantitative estimate of drug-likeness (QED) is 0.411. The number of hydrogen-bond acceptors (Lipinski definition) is 3. The third-order valence-corrected chi connectivity index (χ3v) is 3.37. The summed E-state index contributed by atoms with van der Waals surface area (Å²) in [4.78, 5) is 8.82. The molecule has 0 aliphatic carbocycles. The first-order chi connectivity index (χ1) is 11.2. The van der Waals surface area contributed by atoms with Crippen molar-refractivity contribution >= 4 is 29.9 Å². The van der Waals surface area contributed by atoms with Crippen LogP contribution < -0.4 is 15.4 Å². The summed E-state index contributed by atoms with van der Waals surface area (Å²) >= 11 is 0. The fraction of sp³-hybridized carbons (Fsp3) is 0.333. The molecule has 0 atom stereocenters. The van der Waals surface area contributed by atoms with Gasteiger partial charge in [0.25, 0.3) is 0 Å². The lowest BCUT2D eigenvalue weighted by molar-refractivity contribution is 0.392. The number of ether oxygens (including phenoxy) is 1. The second-order valence-corrected chi connectivity index (χ2v) is 5.21. The van der Waals surface area contributed by atoms with Gasteiger partial charge in [-0.2, -0.15) is 0 Å². The van der Waals surface area contributed by atoms with E-state index in [2.05, 4.69) is 51.8 Å². The lowest BCUT2D eigenvalue weighted by Gasteiger charge is -2.12. The summed E-state index contributed by atoms with van der Waals surface area (Å²) in [5, 5.41) is 6.56. The molecule has 1 heterocycles. The Balaban J connectivity index is 0.00000288. The van der Waals surface area contributed by atoms with Gasteiger partial charge >= 0.3 is 0 Å². The van der Waals surface area contributed by atoms with Crippen LogP contribution in [0.15, 0.2) is 47.6 Å². The monoisotopic (exact) mass is 440 g/mol. The summed E-state index contributed by atoms with van der Waals surface area (Å²) < 4.78 is 5.27. The van der Waals surface area contributed by atoms with Crippen LogP contribution in [0.25, 0.3) is 0 Å². The van der Waals surface area contributed by atoms with Gasteiger partial charge in [0, 0.05) is 24.8 Å². The molecule has 0 spiro atoms. The van der Waals surface area contributed by atoms with Crippen LogP contribution in [0.1, 0.15) is 23.6 Å². The summed E-state index contributed by atoms with van der Waals surface area (Å²) in [7, 11) is 1.63. The minimum absolute atomic E-state index is 0. The van der Waals surface area contributed by atoms with Gasteiger partial charge in [-0.15, -0.1) is 24.0 Å². The Labute approximate surface area is 161 Å². The molecule has 2 N–H and O–H groups in total. The molecule has 1 aromatic heterocycles. The standard InChI is InChI=1S/C18H24N4O.HI/c1-4-19-18(21-12-15-9-7-14(2)8-10-15)22-13-16-6-5-11-20-17(16)23-3;/h5-11H,4,12-13H2,1-3H3,(H2,19,21,22);1H. The first kappa shape index (κ1) is 20.2. The molecule has 0 amide bonds. The van der Waals surface area contributed by atoms with Crippen molar-refractivity contribution < 1.29 is 4.74 Å². The van der Waals surface area contributed by atoms with Crippen LogP contribution in [0, 0.1) is 6.92 Å². The predicted molar refractivity (Wildman–Crippen MR) is 109 cm³/mol. The predicted octanol–water partition coefficient (Wildman–Crippen LogP) is 3.27. The minimum Gasteiger partial charge on any atom is -0.481 e. The Hall–Kier alpha value is -1.83. The molecule has 1 aromatic carbocycles. The molecule has 0 unspecified atom stereocenters. The van der Waals surface area contributed by atoms with Crippen molar-refractivity contribution in [1.82, 2.24) is 15.6 Å². The second kappa shape index (κ2) is 10.9. The Bertz CT molecular complexity index is 644. The zero-order chi connectivity index (χ0) is 16.5. The maximum absolute atomic E-state index is 5.27. The van der Waals surface area contributed by atoms with E-state index in [0.717, 1.165) is 18.1 Å². The van der Waals surface area contributed by atoms with E-state index in [9.17, 15) is 0 Å². The summed E-state index contributed by atoms with van der Waals surface area (Å²) in [6.45, 7) is 6.19. The molecule has 2 rings (SSSR count). The van der Waals surface area contributed by atoms with Crippen molar-refractivity contribution in [3.63, 3.8) is 0 Å². The molecule has 130 valence electrons. The summed E-state index contributed by atoms with van der Waals surface area (Å²) in [6, 6.07) is 12.3. The highest BCUT2D eigenvalue weighted by atomic mass is 127. The van der Waals surface area contributed by atoms with Crippen LogP contribution in [-0.2, 0) is 13.1 Å². The number of halogens is 1. The van der Waals surface area contributed by atoms with Crippen LogP contribution in [0.3, 0.4) is 0 Å². The van der Waals surface area contributed by atoms with E-state index in [1.54, 1.807) is 13.3 Å². The topological polar surface area (TPSA) is 58.5 Å². The number of rotatable bonds is 6. The molecule has 0 bridgehead atoms. The van der Waals surface area contributed by atoms with Gasteiger partial charge in [-0.3, -0.25) is 0 Å². The number of aromatic nitrogens is 1. The molecule has 24 heavy (non-hydrogen) atoms. The van der Waals surface area contributed by atoms with Gasteiger partial charge in [0.05, 0.1) is 13.7 Å². The van der Waals surface area contributed by atoms with E-state index < -0.39 is 0 Å². The SMILES string of the molecule is CCNC(=NCc1ccc(C)cc1)NCc1cccnc1OC.I. The summed E-state index contributed by atoms with van der Waals surface area (Å²) in [6.07, 6.45) is 1.72. The highest BCUT2D eigenvalue weighted by Gasteiger charge is 2.04. The van der Waals surface area contributed by atoms with Crippen molar-refractivity contribution in [1.29, 1.82) is 0 Å². The van der Waals surface area contributed by atoms with Crippen LogP contribution in [-0.4, -0.2) is 24.6 Å². The summed E-state index contributed by atoms with van der Waals surface area (Å²) in [5.41, 5.74) is 3.44. The maximum Gasteiger partial charge on any atom is 0.218 e. The molecule has 0 aliphatic rings. The Morgan fingerprint density at radius 2 is 1.92 bits per heavy atom. The van der Waals surface area contributed by atoms with Crippen LogP contribution >= 0.6 is 24.0 Å². The number of guanidine groups is 1. The van der Waals surface area contributed by atoms with Crippen molar-refractivity contribution in [2.45, 2.75) is 26.9 Å². The zero-order valence-corrected chi connectivity index (χ0v) is 16.7. The molecular weight excluding hydrogens is 415 g/mol. The molecular formula is C18H25IN4O. The Morgan fingerprint density at radius 1 is 1.17 bits per heavy atom. The lowest BCUT2D eigenvalue weighted by Crippen LogP contribution is -2.36. The number of nitrogens with one attached hydrogen (secondary N) is 2. The van der Waals surface area contributed by atoms with E-state index in [0.29, 0.717) is 19.0 Å². The van der Waals surface area contributed by atoms with Crippen molar-refractivity contribution in [2.24, 2.45) is 4.99 Å². The van der Waals surface area contributed by atoms with Gasteiger partial charge in [-0.25, -0.2) is 9.98 Å². The highest BCUT2D eigenvalue weighted by molar-refractivity contribution is 14.0. The minimum atomic E-state index is 0. The first-order valence-corrected chi connectivity index (χ1v) is 7.78. The molecule has 5 nitrogen and oxygen atoms in total. The maximum atomic E-state index is 5.27. The average molecular weight is 440 g/mol. The molecule has 0 radical (unpaired) electrons. The van der Waals surface area contributed by atoms with Gasteiger partial charge in [-0.1, -0.05) is 35.9 Å². The molecule has 0 fully saturated rings. The molecule has 6 heteroatoms. The van der Waals surface area contributed by atoms with Crippen molar-refractivity contribution in [3.8, 4) is 5.88 Å². The number of hydrogen-bond donors (Lipinski definition) is 2.